The molecular formula is C20H20N4O3. The van der Waals surface area contributed by atoms with Gasteiger partial charge in [-0.25, -0.2) is 0 Å². The Balaban J connectivity index is 2.01. The van der Waals surface area contributed by atoms with Crippen LogP contribution < -0.4 is 10.2 Å². The zero-order valence-electron chi connectivity index (χ0n) is 15.0. The fourth-order valence-corrected chi connectivity index (χ4v) is 3.68. The van der Waals surface area contributed by atoms with Crippen molar-refractivity contribution in [2.45, 2.75) is 24.8 Å². The number of carbonyl (C=O) groups is 1. The first-order valence-corrected chi connectivity index (χ1v) is 8.78. The van der Waals surface area contributed by atoms with Gasteiger partial charge in [-0.1, -0.05) is 30.3 Å². The van der Waals surface area contributed by atoms with Gasteiger partial charge in [0.2, 0.25) is 0 Å². The van der Waals surface area contributed by atoms with Gasteiger partial charge in [0.25, 0.3) is 11.6 Å². The van der Waals surface area contributed by atoms with E-state index in [4.69, 9.17) is 0 Å². The summed E-state index contributed by atoms with van der Waals surface area (Å²) in [7, 11) is 1.48. The van der Waals surface area contributed by atoms with Crippen LogP contribution >= 0.6 is 0 Å². The Labute approximate surface area is 157 Å². The molecule has 1 aliphatic heterocycles. The third-order valence-electron chi connectivity index (χ3n) is 4.95. The number of carbonyl (C=O) groups excluding carboxylic acids is 1. The van der Waals surface area contributed by atoms with Gasteiger partial charge in [-0.2, -0.15) is 5.26 Å². The van der Waals surface area contributed by atoms with Gasteiger partial charge in [0.05, 0.1) is 16.9 Å². The van der Waals surface area contributed by atoms with Crippen molar-refractivity contribution in [1.82, 2.24) is 5.32 Å². The number of hydrogen-bond donors (Lipinski definition) is 1. The molecule has 138 valence electrons. The summed E-state index contributed by atoms with van der Waals surface area (Å²) in [5, 5.41) is 23.9. The Kier molecular flexibility index (Phi) is 5.36. The van der Waals surface area contributed by atoms with Crippen molar-refractivity contribution in [3.8, 4) is 6.07 Å². The Hall–Kier alpha value is -3.40. The highest BCUT2D eigenvalue weighted by molar-refractivity contribution is 5.95. The van der Waals surface area contributed by atoms with Crippen LogP contribution in [0.3, 0.4) is 0 Å². The predicted molar refractivity (Wildman–Crippen MR) is 102 cm³/mol. The molecule has 1 fully saturated rings. The van der Waals surface area contributed by atoms with Crippen molar-refractivity contribution < 1.29 is 9.72 Å². The van der Waals surface area contributed by atoms with Crippen LogP contribution in [-0.4, -0.2) is 30.5 Å². The average molecular weight is 364 g/mol. The van der Waals surface area contributed by atoms with Crippen LogP contribution in [0.5, 0.6) is 0 Å². The van der Waals surface area contributed by atoms with E-state index in [0.717, 1.165) is 18.4 Å². The SMILES string of the molecule is CNC(=O)c1ccc(N2CCCC2C(C#N)c2ccccc2)c([N+](=O)[O-])c1. The molecule has 2 atom stereocenters. The second-order valence-corrected chi connectivity index (χ2v) is 6.46. The second kappa shape index (κ2) is 7.87. The predicted octanol–water partition coefficient (Wildman–Crippen LogP) is 3.23. The summed E-state index contributed by atoms with van der Waals surface area (Å²) >= 11 is 0. The summed E-state index contributed by atoms with van der Waals surface area (Å²) in [5.41, 5.74) is 1.48. The molecule has 3 rings (SSSR count). The molecule has 0 aromatic heterocycles. The van der Waals surface area contributed by atoms with Crippen LogP contribution in [0.2, 0.25) is 0 Å². The number of nitro groups is 1. The first kappa shape index (κ1) is 18.4. The summed E-state index contributed by atoms with van der Waals surface area (Å²) < 4.78 is 0. The molecular weight excluding hydrogens is 344 g/mol. The lowest BCUT2D eigenvalue weighted by Crippen LogP contribution is -2.34. The van der Waals surface area contributed by atoms with Gasteiger partial charge in [0.1, 0.15) is 5.69 Å². The van der Waals surface area contributed by atoms with Gasteiger partial charge in [-0.3, -0.25) is 14.9 Å². The number of nitro benzene ring substituents is 1. The zero-order chi connectivity index (χ0) is 19.4. The summed E-state index contributed by atoms with van der Waals surface area (Å²) in [4.78, 5) is 24.9. The third-order valence-corrected chi connectivity index (χ3v) is 4.95. The molecule has 7 heteroatoms. The molecule has 1 N–H and O–H groups in total. The molecule has 1 aliphatic rings. The Morgan fingerprint density at radius 3 is 2.70 bits per heavy atom. The molecule has 2 unspecified atom stereocenters. The Bertz CT molecular complexity index is 892. The lowest BCUT2D eigenvalue weighted by molar-refractivity contribution is -0.384. The molecule has 0 saturated carbocycles. The molecule has 0 aliphatic carbocycles. The van der Waals surface area contributed by atoms with Crippen LogP contribution in [0.1, 0.15) is 34.7 Å². The lowest BCUT2D eigenvalue weighted by atomic mass is 9.91. The van der Waals surface area contributed by atoms with Gasteiger partial charge in [-0.15, -0.1) is 0 Å². The third kappa shape index (κ3) is 3.60. The first-order chi connectivity index (χ1) is 13.1. The maximum Gasteiger partial charge on any atom is 0.293 e. The van der Waals surface area contributed by atoms with E-state index in [2.05, 4.69) is 11.4 Å². The molecule has 1 heterocycles. The number of nitriles is 1. The van der Waals surface area contributed by atoms with E-state index in [-0.39, 0.29) is 29.1 Å². The molecule has 0 spiro atoms. The monoisotopic (exact) mass is 364 g/mol. The topological polar surface area (TPSA) is 99.3 Å². The fourth-order valence-electron chi connectivity index (χ4n) is 3.68. The largest absolute Gasteiger partial charge is 0.361 e. The van der Waals surface area contributed by atoms with E-state index in [1.54, 1.807) is 12.1 Å². The standard InChI is InChI=1S/C20H20N4O3/c1-22-20(25)15-9-10-18(19(12-15)24(26)27)23-11-5-8-17(23)16(13-21)14-6-3-2-4-7-14/h2-4,6-7,9-10,12,16-17H,5,8,11H2,1H3,(H,22,25). The van der Waals surface area contributed by atoms with Crippen LogP contribution in [-0.2, 0) is 0 Å². The number of nitrogens with zero attached hydrogens (tertiary/aromatic N) is 3. The number of amides is 1. The van der Waals surface area contributed by atoms with Crippen molar-refractivity contribution in [3.63, 3.8) is 0 Å². The minimum absolute atomic E-state index is 0.118. The van der Waals surface area contributed by atoms with Crippen molar-refractivity contribution in [2.75, 3.05) is 18.5 Å². The van der Waals surface area contributed by atoms with Gasteiger partial charge >= 0.3 is 0 Å². The van der Waals surface area contributed by atoms with E-state index in [9.17, 15) is 20.2 Å². The molecule has 2 aromatic rings. The van der Waals surface area contributed by atoms with Crippen LogP contribution in [0.15, 0.2) is 48.5 Å². The number of benzene rings is 2. The van der Waals surface area contributed by atoms with E-state index < -0.39 is 4.92 Å². The number of nitrogens with one attached hydrogen (secondary N) is 1. The van der Waals surface area contributed by atoms with E-state index >= 15 is 0 Å². The normalized spacial score (nSPS) is 17.2. The van der Waals surface area contributed by atoms with Crippen LogP contribution in [0.4, 0.5) is 11.4 Å². The van der Waals surface area contributed by atoms with Gasteiger partial charge in [0.15, 0.2) is 0 Å². The van der Waals surface area contributed by atoms with E-state index in [0.29, 0.717) is 12.2 Å². The lowest BCUT2D eigenvalue weighted by Gasteiger charge is -2.30. The maximum atomic E-state index is 11.8. The summed E-state index contributed by atoms with van der Waals surface area (Å²) in [6, 6.07) is 16.2. The van der Waals surface area contributed by atoms with Crippen molar-refractivity contribution in [2.24, 2.45) is 0 Å². The number of hydrogen-bond acceptors (Lipinski definition) is 5. The minimum atomic E-state index is -0.471. The Morgan fingerprint density at radius 2 is 2.07 bits per heavy atom. The molecule has 0 bridgehead atoms. The summed E-state index contributed by atoms with van der Waals surface area (Å²) in [5.74, 6) is -0.756. The number of anilines is 1. The molecule has 0 radical (unpaired) electrons. The quantitative estimate of drug-likeness (QED) is 0.648. The zero-order valence-corrected chi connectivity index (χ0v) is 15.0. The summed E-state index contributed by atoms with van der Waals surface area (Å²) in [6.45, 7) is 0.635. The van der Waals surface area contributed by atoms with E-state index in [1.807, 2.05) is 35.2 Å². The maximum absolute atomic E-state index is 11.8. The van der Waals surface area contributed by atoms with Crippen molar-refractivity contribution in [3.05, 3.63) is 69.8 Å². The van der Waals surface area contributed by atoms with Gasteiger partial charge in [0, 0.05) is 31.3 Å². The second-order valence-electron chi connectivity index (χ2n) is 6.46. The Morgan fingerprint density at radius 1 is 1.33 bits per heavy atom. The molecule has 27 heavy (non-hydrogen) atoms. The van der Waals surface area contributed by atoms with E-state index in [1.165, 1.54) is 13.1 Å². The number of rotatable bonds is 5. The van der Waals surface area contributed by atoms with Crippen molar-refractivity contribution in [1.29, 1.82) is 5.26 Å². The molecule has 7 nitrogen and oxygen atoms in total. The highest BCUT2D eigenvalue weighted by Gasteiger charge is 2.36. The first-order valence-electron chi connectivity index (χ1n) is 8.78. The molecule has 2 aromatic carbocycles. The highest BCUT2D eigenvalue weighted by atomic mass is 16.6. The van der Waals surface area contributed by atoms with Gasteiger partial charge in [-0.05, 0) is 30.5 Å². The van der Waals surface area contributed by atoms with Gasteiger partial charge < -0.3 is 10.2 Å². The van der Waals surface area contributed by atoms with Crippen molar-refractivity contribution >= 4 is 17.3 Å². The minimum Gasteiger partial charge on any atom is -0.361 e. The van der Waals surface area contributed by atoms with Crippen LogP contribution in [0, 0.1) is 21.4 Å². The summed E-state index contributed by atoms with van der Waals surface area (Å²) in [6.07, 6.45) is 1.63. The smallest absolute Gasteiger partial charge is 0.293 e. The molecule has 1 amide bonds. The average Bonchev–Trinajstić information content (AvgIpc) is 3.17. The van der Waals surface area contributed by atoms with Crippen LogP contribution in [0.25, 0.3) is 0 Å². The highest BCUT2D eigenvalue weighted by Crippen LogP contribution is 2.39. The fraction of sp³-hybridized carbons (Fsp3) is 0.300. The molecule has 1 saturated heterocycles.